The number of anilines is 1. The predicted molar refractivity (Wildman–Crippen MR) is 73.0 cm³/mol. The molecule has 0 bridgehead atoms. The molecule has 0 fully saturated rings. The van der Waals surface area contributed by atoms with E-state index < -0.39 is 6.17 Å². The number of hydrogen-bond donors (Lipinski definition) is 1. The molecule has 0 amide bonds. The molecule has 92 valence electrons. The minimum absolute atomic E-state index is 0.565. The molecule has 3 heteroatoms. The molecule has 1 unspecified atom stereocenters. The van der Waals surface area contributed by atoms with E-state index >= 15 is 0 Å². The van der Waals surface area contributed by atoms with Crippen LogP contribution in [0.1, 0.15) is 22.9 Å². The number of benzene rings is 2. The van der Waals surface area contributed by atoms with E-state index in [9.17, 15) is 4.39 Å². The third kappa shape index (κ3) is 1.97. The number of hydrogen-bond acceptors (Lipinski definition) is 1. The lowest BCUT2D eigenvalue weighted by Gasteiger charge is -2.14. The molecule has 1 heterocycles. The van der Waals surface area contributed by atoms with Crippen LogP contribution in [-0.2, 0) is 6.42 Å². The van der Waals surface area contributed by atoms with E-state index in [2.05, 4.69) is 5.32 Å². The fourth-order valence-electron chi connectivity index (χ4n) is 2.42. The van der Waals surface area contributed by atoms with Crippen molar-refractivity contribution >= 4 is 17.3 Å². The monoisotopic (exact) mass is 261 g/mol. The van der Waals surface area contributed by atoms with E-state index in [1.54, 1.807) is 24.3 Å². The van der Waals surface area contributed by atoms with Crippen LogP contribution in [0.2, 0.25) is 5.02 Å². The van der Waals surface area contributed by atoms with E-state index in [-0.39, 0.29) is 0 Å². The van der Waals surface area contributed by atoms with E-state index in [1.165, 1.54) is 5.56 Å². The molecule has 3 rings (SSSR count). The summed E-state index contributed by atoms with van der Waals surface area (Å²) in [5, 5.41) is 3.83. The maximum Gasteiger partial charge on any atom is 0.152 e. The fourth-order valence-corrected chi connectivity index (χ4v) is 2.62. The van der Waals surface area contributed by atoms with Crippen molar-refractivity contribution in [2.75, 3.05) is 11.9 Å². The molecule has 1 aliphatic heterocycles. The van der Waals surface area contributed by atoms with Crippen molar-refractivity contribution in [1.29, 1.82) is 0 Å². The minimum atomic E-state index is -1.13. The summed E-state index contributed by atoms with van der Waals surface area (Å²) in [6.45, 7) is 0.884. The Bertz CT molecular complexity index is 582. The molecule has 0 aliphatic carbocycles. The van der Waals surface area contributed by atoms with Crippen LogP contribution in [0.15, 0.2) is 42.5 Å². The first-order valence-corrected chi connectivity index (χ1v) is 6.39. The van der Waals surface area contributed by atoms with Gasteiger partial charge in [-0.2, -0.15) is 0 Å². The first kappa shape index (κ1) is 11.5. The molecule has 1 atom stereocenters. The number of alkyl halides is 1. The second-order valence-electron chi connectivity index (χ2n) is 4.48. The van der Waals surface area contributed by atoms with Gasteiger partial charge in [-0.15, -0.1) is 0 Å². The molecular formula is C15H13ClFN. The molecular weight excluding hydrogens is 249 g/mol. The van der Waals surface area contributed by atoms with E-state index in [0.717, 1.165) is 18.7 Å². The van der Waals surface area contributed by atoms with Crippen LogP contribution in [0, 0.1) is 0 Å². The molecule has 0 radical (unpaired) electrons. The van der Waals surface area contributed by atoms with Gasteiger partial charge in [0.2, 0.25) is 0 Å². The Morgan fingerprint density at radius 1 is 1.17 bits per heavy atom. The summed E-state index contributed by atoms with van der Waals surface area (Å²) >= 11 is 5.91. The minimum Gasteiger partial charge on any atom is -0.384 e. The summed E-state index contributed by atoms with van der Waals surface area (Å²) in [6.07, 6.45) is -0.171. The highest BCUT2D eigenvalue weighted by Gasteiger charge is 2.21. The SMILES string of the molecule is FC(c1cccc(Cl)c1)c1cccc2c1NCC2. The maximum atomic E-state index is 14.6. The highest BCUT2D eigenvalue weighted by molar-refractivity contribution is 6.30. The lowest BCUT2D eigenvalue weighted by Crippen LogP contribution is -2.00. The van der Waals surface area contributed by atoms with Gasteiger partial charge in [0, 0.05) is 22.8 Å². The van der Waals surface area contributed by atoms with Crippen LogP contribution < -0.4 is 5.32 Å². The van der Waals surface area contributed by atoms with Crippen LogP contribution >= 0.6 is 11.6 Å². The van der Waals surface area contributed by atoms with Gasteiger partial charge in [0.1, 0.15) is 0 Å². The normalized spacial score (nSPS) is 15.0. The van der Waals surface area contributed by atoms with Gasteiger partial charge in [0.05, 0.1) is 0 Å². The van der Waals surface area contributed by atoms with Gasteiger partial charge in [-0.1, -0.05) is 41.9 Å². The lowest BCUT2D eigenvalue weighted by molar-refractivity contribution is 0.403. The Balaban J connectivity index is 2.03. The fraction of sp³-hybridized carbons (Fsp3) is 0.200. The first-order valence-electron chi connectivity index (χ1n) is 6.01. The Morgan fingerprint density at radius 2 is 2.00 bits per heavy atom. The molecule has 0 aromatic heterocycles. The molecule has 0 saturated carbocycles. The highest BCUT2D eigenvalue weighted by Crippen LogP contribution is 2.36. The zero-order valence-electron chi connectivity index (χ0n) is 9.79. The summed E-state index contributed by atoms with van der Waals surface area (Å²) in [7, 11) is 0. The number of rotatable bonds is 2. The standard InChI is InChI=1S/C15H13ClFN/c16-12-5-1-4-11(9-12)14(17)13-6-2-3-10-7-8-18-15(10)13/h1-6,9,14,18H,7-8H2. The van der Waals surface area contributed by atoms with Crippen LogP contribution in [-0.4, -0.2) is 6.54 Å². The molecule has 2 aromatic carbocycles. The molecule has 1 aliphatic rings. The predicted octanol–water partition coefficient (Wildman–Crippen LogP) is 4.37. The van der Waals surface area contributed by atoms with Gasteiger partial charge >= 0.3 is 0 Å². The van der Waals surface area contributed by atoms with Crippen LogP contribution in [0.25, 0.3) is 0 Å². The van der Waals surface area contributed by atoms with Gasteiger partial charge in [-0.05, 0) is 29.7 Å². The van der Waals surface area contributed by atoms with Gasteiger partial charge in [-0.3, -0.25) is 0 Å². The molecule has 0 spiro atoms. The third-order valence-corrected chi connectivity index (χ3v) is 3.53. The number of nitrogens with one attached hydrogen (secondary N) is 1. The van der Waals surface area contributed by atoms with E-state index in [1.807, 2.05) is 18.2 Å². The number of fused-ring (bicyclic) bond motifs is 1. The van der Waals surface area contributed by atoms with Crippen molar-refractivity contribution in [3.8, 4) is 0 Å². The van der Waals surface area contributed by atoms with Crippen molar-refractivity contribution < 1.29 is 4.39 Å². The Kier molecular flexibility index (Phi) is 2.96. The molecule has 1 nitrogen and oxygen atoms in total. The van der Waals surface area contributed by atoms with Gasteiger partial charge in [0.15, 0.2) is 6.17 Å². The maximum absolute atomic E-state index is 14.6. The first-order chi connectivity index (χ1) is 8.75. The molecule has 0 saturated heterocycles. The van der Waals surface area contributed by atoms with Gasteiger partial charge in [-0.25, -0.2) is 4.39 Å². The van der Waals surface area contributed by atoms with Crippen molar-refractivity contribution in [3.63, 3.8) is 0 Å². The third-order valence-electron chi connectivity index (χ3n) is 3.29. The smallest absolute Gasteiger partial charge is 0.152 e. The molecule has 18 heavy (non-hydrogen) atoms. The largest absolute Gasteiger partial charge is 0.384 e. The molecule has 1 N–H and O–H groups in total. The summed E-state index contributed by atoms with van der Waals surface area (Å²) in [5.74, 6) is 0. The zero-order valence-corrected chi connectivity index (χ0v) is 10.5. The van der Waals surface area contributed by atoms with Crippen LogP contribution in [0.3, 0.4) is 0 Å². The number of para-hydroxylation sites is 1. The van der Waals surface area contributed by atoms with E-state index in [0.29, 0.717) is 16.1 Å². The summed E-state index contributed by atoms with van der Waals surface area (Å²) in [6, 6.07) is 12.8. The second-order valence-corrected chi connectivity index (χ2v) is 4.91. The van der Waals surface area contributed by atoms with Crippen molar-refractivity contribution in [1.82, 2.24) is 0 Å². The lowest BCUT2D eigenvalue weighted by atomic mass is 9.99. The average Bonchev–Trinajstić information content (AvgIpc) is 2.86. The van der Waals surface area contributed by atoms with E-state index in [4.69, 9.17) is 11.6 Å². The second kappa shape index (κ2) is 4.62. The van der Waals surface area contributed by atoms with Gasteiger partial charge in [0.25, 0.3) is 0 Å². The Hall–Kier alpha value is -1.54. The van der Waals surface area contributed by atoms with Gasteiger partial charge < -0.3 is 5.32 Å². The van der Waals surface area contributed by atoms with Crippen LogP contribution in [0.5, 0.6) is 0 Å². The summed E-state index contributed by atoms with van der Waals surface area (Å²) < 4.78 is 14.6. The topological polar surface area (TPSA) is 12.0 Å². The van der Waals surface area contributed by atoms with Crippen molar-refractivity contribution in [2.45, 2.75) is 12.6 Å². The molecule has 2 aromatic rings. The highest BCUT2D eigenvalue weighted by atomic mass is 35.5. The van der Waals surface area contributed by atoms with Crippen LogP contribution in [0.4, 0.5) is 10.1 Å². The average molecular weight is 262 g/mol. The summed E-state index contributed by atoms with van der Waals surface area (Å²) in [4.78, 5) is 0. The number of halogens is 2. The zero-order chi connectivity index (χ0) is 12.5. The summed E-state index contributed by atoms with van der Waals surface area (Å²) in [5.41, 5.74) is 3.44. The quantitative estimate of drug-likeness (QED) is 0.847. The van der Waals surface area contributed by atoms with Crippen molar-refractivity contribution in [3.05, 3.63) is 64.2 Å². The Morgan fingerprint density at radius 3 is 2.83 bits per heavy atom. The van der Waals surface area contributed by atoms with Crippen molar-refractivity contribution in [2.24, 2.45) is 0 Å². The Labute approximate surface area is 111 Å².